The second-order valence-corrected chi connectivity index (χ2v) is 4.09. The number of fused-ring (bicyclic) bond motifs is 1. The van der Waals surface area contributed by atoms with Gasteiger partial charge in [0.1, 0.15) is 6.04 Å². The largest absolute Gasteiger partial charge is 0.324 e. The van der Waals surface area contributed by atoms with Crippen molar-refractivity contribution >= 4 is 11.9 Å². The minimum Gasteiger partial charge on any atom is -0.310 e. The number of piperazine rings is 1. The van der Waals surface area contributed by atoms with E-state index < -0.39 is 0 Å². The van der Waals surface area contributed by atoms with Gasteiger partial charge in [-0.15, -0.1) is 0 Å². The molecule has 0 radical (unpaired) electrons. The summed E-state index contributed by atoms with van der Waals surface area (Å²) in [5.41, 5.74) is 0. The molecule has 2 aliphatic heterocycles. The molecule has 14 heavy (non-hydrogen) atoms. The van der Waals surface area contributed by atoms with E-state index in [1.165, 1.54) is 0 Å². The van der Waals surface area contributed by atoms with Crippen molar-refractivity contribution in [1.82, 2.24) is 15.1 Å². The molecular formula is C9H15N3O2. The van der Waals surface area contributed by atoms with E-state index in [1.807, 2.05) is 0 Å². The predicted molar refractivity (Wildman–Crippen MR) is 50.7 cm³/mol. The molecule has 0 spiro atoms. The van der Waals surface area contributed by atoms with Crippen LogP contribution in [0.25, 0.3) is 0 Å². The van der Waals surface area contributed by atoms with Gasteiger partial charge in [0.15, 0.2) is 0 Å². The van der Waals surface area contributed by atoms with Crippen LogP contribution in [0, 0.1) is 0 Å². The van der Waals surface area contributed by atoms with Crippen molar-refractivity contribution in [2.75, 3.05) is 19.6 Å². The number of hydrogen-bond acceptors (Lipinski definition) is 3. The first-order chi connectivity index (χ1) is 6.59. The highest BCUT2D eigenvalue weighted by Crippen LogP contribution is 2.16. The summed E-state index contributed by atoms with van der Waals surface area (Å²) in [5, 5.41) is 2.34. The number of carbonyl (C=O) groups is 2. The van der Waals surface area contributed by atoms with E-state index in [0.29, 0.717) is 19.1 Å². The maximum absolute atomic E-state index is 11.4. The quantitative estimate of drug-likeness (QED) is 0.584. The van der Waals surface area contributed by atoms with Crippen LogP contribution in [0.2, 0.25) is 0 Å². The third-order valence-electron chi connectivity index (χ3n) is 2.94. The van der Waals surface area contributed by atoms with E-state index in [4.69, 9.17) is 0 Å². The van der Waals surface area contributed by atoms with Crippen LogP contribution in [0.3, 0.4) is 0 Å². The Hall–Kier alpha value is -1.10. The Balaban J connectivity index is 2.09. The maximum atomic E-state index is 11.4. The molecule has 0 aromatic heterocycles. The van der Waals surface area contributed by atoms with Gasteiger partial charge >= 0.3 is 6.03 Å². The minimum atomic E-state index is -0.265. The van der Waals surface area contributed by atoms with E-state index in [9.17, 15) is 9.59 Å². The molecule has 5 nitrogen and oxygen atoms in total. The summed E-state index contributed by atoms with van der Waals surface area (Å²) in [6, 6.07) is -0.0669. The summed E-state index contributed by atoms with van der Waals surface area (Å²) in [4.78, 5) is 26.5. The van der Waals surface area contributed by atoms with Gasteiger partial charge in [-0.25, -0.2) is 4.79 Å². The molecular weight excluding hydrogens is 182 g/mol. The summed E-state index contributed by atoms with van der Waals surface area (Å²) in [6.07, 6.45) is 0. The number of urea groups is 1. The normalized spacial score (nSPS) is 28.2. The molecule has 0 aromatic rings. The van der Waals surface area contributed by atoms with Crippen LogP contribution in [0.4, 0.5) is 4.79 Å². The first-order valence-corrected chi connectivity index (χ1v) is 4.95. The number of nitrogens with zero attached hydrogens (tertiary/aromatic N) is 2. The molecule has 2 saturated heterocycles. The molecule has 0 bridgehead atoms. The lowest BCUT2D eigenvalue weighted by Crippen LogP contribution is -2.54. The van der Waals surface area contributed by atoms with Crippen LogP contribution in [0.1, 0.15) is 13.8 Å². The molecule has 1 unspecified atom stereocenters. The van der Waals surface area contributed by atoms with Crippen LogP contribution in [-0.4, -0.2) is 53.5 Å². The molecule has 2 fully saturated rings. The van der Waals surface area contributed by atoms with Gasteiger partial charge < -0.3 is 4.90 Å². The average molecular weight is 197 g/mol. The molecule has 2 heterocycles. The predicted octanol–water partition coefficient (Wildman–Crippen LogP) is -0.369. The number of rotatable bonds is 1. The monoisotopic (exact) mass is 197 g/mol. The van der Waals surface area contributed by atoms with Crippen LogP contribution in [0.5, 0.6) is 0 Å². The summed E-state index contributed by atoms with van der Waals surface area (Å²) in [6.45, 7) is 6.37. The van der Waals surface area contributed by atoms with Gasteiger partial charge in [-0.1, -0.05) is 0 Å². The van der Waals surface area contributed by atoms with Gasteiger partial charge in [0, 0.05) is 25.7 Å². The molecule has 2 rings (SSSR count). The van der Waals surface area contributed by atoms with Crippen molar-refractivity contribution in [3.05, 3.63) is 0 Å². The van der Waals surface area contributed by atoms with E-state index in [-0.39, 0.29) is 18.0 Å². The molecule has 1 N–H and O–H groups in total. The molecule has 0 aliphatic carbocycles. The first kappa shape index (κ1) is 9.45. The van der Waals surface area contributed by atoms with Crippen LogP contribution >= 0.6 is 0 Å². The topological polar surface area (TPSA) is 52.6 Å². The van der Waals surface area contributed by atoms with E-state index >= 15 is 0 Å². The number of nitrogens with one attached hydrogen (secondary N) is 1. The Morgan fingerprint density at radius 1 is 1.36 bits per heavy atom. The van der Waals surface area contributed by atoms with Crippen molar-refractivity contribution in [1.29, 1.82) is 0 Å². The van der Waals surface area contributed by atoms with Crippen molar-refractivity contribution < 1.29 is 9.59 Å². The van der Waals surface area contributed by atoms with Gasteiger partial charge in [-0.05, 0) is 13.8 Å². The van der Waals surface area contributed by atoms with E-state index in [0.717, 1.165) is 6.54 Å². The molecule has 3 amide bonds. The first-order valence-electron chi connectivity index (χ1n) is 4.95. The fraction of sp³-hybridized carbons (Fsp3) is 0.778. The van der Waals surface area contributed by atoms with E-state index in [2.05, 4.69) is 24.1 Å². The molecule has 1 atom stereocenters. The summed E-state index contributed by atoms with van der Waals surface area (Å²) < 4.78 is 0. The summed E-state index contributed by atoms with van der Waals surface area (Å²) in [5.74, 6) is -0.152. The van der Waals surface area contributed by atoms with Crippen molar-refractivity contribution in [3.8, 4) is 0 Å². The number of hydrogen-bond donors (Lipinski definition) is 1. The molecule has 2 aliphatic rings. The SMILES string of the molecule is CC(C)N1CCN2C(=O)NC(=O)C2C1. The highest BCUT2D eigenvalue weighted by atomic mass is 16.2. The maximum Gasteiger partial charge on any atom is 0.324 e. The van der Waals surface area contributed by atoms with Crippen LogP contribution in [0.15, 0.2) is 0 Å². The third kappa shape index (κ3) is 1.37. The highest BCUT2D eigenvalue weighted by Gasteiger charge is 2.42. The summed E-state index contributed by atoms with van der Waals surface area (Å²) in [7, 11) is 0. The van der Waals surface area contributed by atoms with Crippen molar-refractivity contribution in [2.45, 2.75) is 25.9 Å². The lowest BCUT2D eigenvalue weighted by molar-refractivity contribution is -0.123. The lowest BCUT2D eigenvalue weighted by atomic mass is 10.1. The Bertz CT molecular complexity index is 277. The second kappa shape index (κ2) is 3.24. The van der Waals surface area contributed by atoms with Gasteiger partial charge in [0.05, 0.1) is 0 Å². The highest BCUT2D eigenvalue weighted by molar-refractivity contribution is 6.04. The number of carbonyl (C=O) groups excluding carboxylic acids is 2. The number of amides is 3. The fourth-order valence-corrected chi connectivity index (χ4v) is 2.00. The van der Waals surface area contributed by atoms with E-state index in [1.54, 1.807) is 4.90 Å². The van der Waals surface area contributed by atoms with Crippen molar-refractivity contribution in [2.24, 2.45) is 0 Å². The van der Waals surface area contributed by atoms with Gasteiger partial charge in [0.2, 0.25) is 0 Å². The molecule has 5 heteroatoms. The molecule has 0 aromatic carbocycles. The Morgan fingerprint density at radius 2 is 2.07 bits per heavy atom. The average Bonchev–Trinajstić information content (AvgIpc) is 2.42. The number of imide groups is 1. The van der Waals surface area contributed by atoms with Gasteiger partial charge in [0.25, 0.3) is 5.91 Å². The Kier molecular flexibility index (Phi) is 2.19. The standard InChI is InChI=1S/C9H15N3O2/c1-6(2)11-3-4-12-7(5-11)8(13)10-9(12)14/h6-7H,3-5H2,1-2H3,(H,10,13,14). The second-order valence-electron chi connectivity index (χ2n) is 4.09. The minimum absolute atomic E-state index is 0.152. The van der Waals surface area contributed by atoms with Gasteiger partial charge in [-0.2, -0.15) is 0 Å². The van der Waals surface area contributed by atoms with Crippen LogP contribution in [-0.2, 0) is 4.79 Å². The Morgan fingerprint density at radius 3 is 2.71 bits per heavy atom. The molecule has 78 valence electrons. The van der Waals surface area contributed by atoms with Crippen molar-refractivity contribution in [3.63, 3.8) is 0 Å². The smallest absolute Gasteiger partial charge is 0.310 e. The lowest BCUT2D eigenvalue weighted by Gasteiger charge is -2.37. The van der Waals surface area contributed by atoms with Crippen LogP contribution < -0.4 is 5.32 Å². The Labute approximate surface area is 83.0 Å². The summed E-state index contributed by atoms with van der Waals surface area (Å²) >= 11 is 0. The van der Waals surface area contributed by atoms with Gasteiger partial charge in [-0.3, -0.25) is 15.0 Å². The zero-order chi connectivity index (χ0) is 10.3. The zero-order valence-electron chi connectivity index (χ0n) is 8.49. The fourth-order valence-electron chi connectivity index (χ4n) is 2.00. The molecule has 0 saturated carbocycles. The zero-order valence-corrected chi connectivity index (χ0v) is 8.49. The third-order valence-corrected chi connectivity index (χ3v) is 2.94.